The van der Waals surface area contributed by atoms with E-state index in [2.05, 4.69) is 19.7 Å². The quantitative estimate of drug-likeness (QED) is 0.0841. The Kier molecular flexibility index (Phi) is 7.82. The molecular formula is C26H17F3N4O4S. The van der Waals surface area contributed by atoms with Crippen LogP contribution in [0.5, 0.6) is 0 Å². The number of methoxy groups -OCH3 is 1. The fourth-order valence-corrected chi connectivity index (χ4v) is 4.11. The Morgan fingerprint density at radius 2 is 1.74 bits per heavy atom. The highest BCUT2D eigenvalue weighted by atomic mass is 32.2. The van der Waals surface area contributed by atoms with Crippen LogP contribution in [0, 0.1) is 10.1 Å². The van der Waals surface area contributed by atoms with Crippen LogP contribution in [-0.2, 0) is 10.9 Å². The number of alkyl halides is 3. The van der Waals surface area contributed by atoms with Crippen LogP contribution >= 0.6 is 11.8 Å². The molecule has 3 aromatic carbocycles. The highest BCUT2D eigenvalue weighted by molar-refractivity contribution is 7.99. The van der Waals surface area contributed by atoms with Crippen molar-refractivity contribution < 1.29 is 27.6 Å². The lowest BCUT2D eigenvalue weighted by atomic mass is 10.1. The van der Waals surface area contributed by atoms with E-state index in [-0.39, 0.29) is 22.1 Å². The van der Waals surface area contributed by atoms with Gasteiger partial charge in [-0.3, -0.25) is 15.1 Å². The molecule has 8 nitrogen and oxygen atoms in total. The number of ether oxygens (including phenoxy) is 1. The van der Waals surface area contributed by atoms with Gasteiger partial charge in [0.2, 0.25) is 0 Å². The van der Waals surface area contributed by atoms with Gasteiger partial charge in [0, 0.05) is 34.4 Å². The van der Waals surface area contributed by atoms with Gasteiger partial charge in [0.05, 0.1) is 29.0 Å². The van der Waals surface area contributed by atoms with Gasteiger partial charge in [-0.05, 0) is 48.2 Å². The number of aliphatic imine (C=N–C) groups is 1. The molecular weight excluding hydrogens is 521 g/mol. The number of non-ortho nitro benzene ring substituents is 1. The average molecular weight is 539 g/mol. The summed E-state index contributed by atoms with van der Waals surface area (Å²) >= 11 is 0.821. The molecule has 0 radical (unpaired) electrons. The van der Waals surface area contributed by atoms with Crippen molar-refractivity contribution in [3.63, 3.8) is 0 Å². The van der Waals surface area contributed by atoms with Crippen LogP contribution < -0.4 is 0 Å². The maximum atomic E-state index is 13.6. The molecule has 0 amide bonds. The standard InChI is InChI=1S/C26H17F3N4O4S/c1-37-24(34)17-7-9-19(10-8-17)30-15-18-13-20(33(35)36)11-12-22(18)38-25-31-21(16-5-3-2-4-6-16)14-23(32-25)26(27,28)29/h2-15H,1H3. The van der Waals surface area contributed by atoms with Crippen molar-refractivity contribution in [3.05, 3.63) is 106 Å². The molecule has 0 N–H and O–H groups in total. The normalized spacial score (nSPS) is 11.5. The second-order valence-corrected chi connectivity index (χ2v) is 8.67. The van der Waals surface area contributed by atoms with Gasteiger partial charge in [-0.1, -0.05) is 30.3 Å². The van der Waals surface area contributed by atoms with E-state index in [1.54, 1.807) is 42.5 Å². The number of hydrogen-bond donors (Lipinski definition) is 0. The molecule has 12 heteroatoms. The number of carbonyl (C=O) groups is 1. The van der Waals surface area contributed by atoms with E-state index in [4.69, 9.17) is 0 Å². The van der Waals surface area contributed by atoms with Gasteiger partial charge in [0.25, 0.3) is 5.69 Å². The summed E-state index contributed by atoms with van der Waals surface area (Å²) in [6, 6.07) is 19.2. The van der Waals surface area contributed by atoms with E-state index < -0.39 is 22.8 Å². The fourth-order valence-electron chi connectivity index (χ4n) is 3.26. The summed E-state index contributed by atoms with van der Waals surface area (Å²) < 4.78 is 45.5. The molecule has 1 heterocycles. The monoisotopic (exact) mass is 538 g/mol. The van der Waals surface area contributed by atoms with Crippen LogP contribution in [0.2, 0.25) is 0 Å². The number of benzene rings is 3. The predicted molar refractivity (Wildman–Crippen MR) is 135 cm³/mol. The van der Waals surface area contributed by atoms with E-state index >= 15 is 0 Å². The molecule has 0 saturated heterocycles. The first-order valence-electron chi connectivity index (χ1n) is 10.8. The summed E-state index contributed by atoms with van der Waals surface area (Å²) in [4.78, 5) is 35.0. The molecule has 0 unspecified atom stereocenters. The van der Waals surface area contributed by atoms with Crippen molar-refractivity contribution in [2.24, 2.45) is 4.99 Å². The number of aromatic nitrogens is 2. The van der Waals surface area contributed by atoms with Crippen molar-refractivity contribution in [2.75, 3.05) is 7.11 Å². The van der Waals surface area contributed by atoms with Gasteiger partial charge in [0.1, 0.15) is 5.69 Å². The van der Waals surface area contributed by atoms with E-state index in [0.717, 1.165) is 17.8 Å². The summed E-state index contributed by atoms with van der Waals surface area (Å²) in [7, 11) is 1.26. The van der Waals surface area contributed by atoms with Crippen LogP contribution in [0.4, 0.5) is 24.5 Å². The van der Waals surface area contributed by atoms with Gasteiger partial charge >= 0.3 is 12.1 Å². The lowest BCUT2D eigenvalue weighted by molar-refractivity contribution is -0.384. The van der Waals surface area contributed by atoms with Crippen molar-refractivity contribution >= 4 is 35.3 Å². The second-order valence-electron chi connectivity index (χ2n) is 7.66. The summed E-state index contributed by atoms with van der Waals surface area (Å²) in [5, 5.41) is 11.2. The second kappa shape index (κ2) is 11.2. The van der Waals surface area contributed by atoms with Crippen LogP contribution in [0.1, 0.15) is 21.6 Å². The fraction of sp³-hybridized carbons (Fsp3) is 0.0769. The smallest absolute Gasteiger partial charge is 0.433 e. The summed E-state index contributed by atoms with van der Waals surface area (Å²) in [6.45, 7) is 0. The Morgan fingerprint density at radius 1 is 1.03 bits per heavy atom. The van der Waals surface area contributed by atoms with Gasteiger partial charge in [-0.2, -0.15) is 13.2 Å². The molecule has 0 aliphatic heterocycles. The Bertz CT molecular complexity index is 1510. The Labute approximate surface area is 218 Å². The van der Waals surface area contributed by atoms with E-state index in [1.807, 2.05) is 0 Å². The summed E-state index contributed by atoms with van der Waals surface area (Å²) in [5.74, 6) is -0.520. The molecule has 192 valence electrons. The number of carbonyl (C=O) groups excluding carboxylic acids is 1. The predicted octanol–water partition coefficient (Wildman–Crippen LogP) is 6.76. The first-order valence-corrected chi connectivity index (χ1v) is 11.7. The van der Waals surface area contributed by atoms with Crippen molar-refractivity contribution in [1.82, 2.24) is 9.97 Å². The Morgan fingerprint density at radius 3 is 2.37 bits per heavy atom. The van der Waals surface area contributed by atoms with Gasteiger partial charge < -0.3 is 4.74 Å². The SMILES string of the molecule is COC(=O)c1ccc(N=Cc2cc([N+](=O)[O-])ccc2Sc2nc(-c3ccccc3)cc(C(F)(F)F)n2)cc1. The molecule has 0 fully saturated rings. The van der Waals surface area contributed by atoms with Crippen molar-refractivity contribution in [1.29, 1.82) is 0 Å². The van der Waals surface area contributed by atoms with E-state index in [1.165, 1.54) is 43.7 Å². The van der Waals surface area contributed by atoms with E-state index in [0.29, 0.717) is 21.7 Å². The van der Waals surface area contributed by atoms with Gasteiger partial charge in [-0.15, -0.1) is 0 Å². The van der Waals surface area contributed by atoms with Gasteiger partial charge in [0.15, 0.2) is 5.16 Å². The topological polar surface area (TPSA) is 108 Å². The summed E-state index contributed by atoms with van der Waals surface area (Å²) in [5.41, 5.74) is 0.226. The van der Waals surface area contributed by atoms with Crippen LogP contribution in [0.25, 0.3) is 11.3 Å². The maximum absolute atomic E-state index is 13.6. The first kappa shape index (κ1) is 26.5. The number of rotatable bonds is 7. The van der Waals surface area contributed by atoms with Crippen LogP contribution in [0.3, 0.4) is 0 Å². The minimum absolute atomic E-state index is 0.0817. The van der Waals surface area contributed by atoms with Gasteiger partial charge in [-0.25, -0.2) is 14.8 Å². The lowest BCUT2D eigenvalue weighted by Crippen LogP contribution is -2.10. The maximum Gasteiger partial charge on any atom is 0.433 e. The third-order valence-corrected chi connectivity index (χ3v) is 6.07. The Hall–Kier alpha value is -4.58. The molecule has 1 aromatic heterocycles. The number of nitrogens with zero attached hydrogens (tertiary/aromatic N) is 4. The van der Waals surface area contributed by atoms with Crippen LogP contribution in [0.15, 0.2) is 93.9 Å². The molecule has 0 bridgehead atoms. The number of nitro benzene ring substituents is 1. The number of halogens is 3. The molecule has 0 aliphatic rings. The molecule has 0 aliphatic carbocycles. The zero-order valence-electron chi connectivity index (χ0n) is 19.5. The average Bonchev–Trinajstić information content (AvgIpc) is 2.92. The number of esters is 1. The third-order valence-electron chi connectivity index (χ3n) is 5.11. The number of hydrogen-bond acceptors (Lipinski definition) is 8. The van der Waals surface area contributed by atoms with E-state index in [9.17, 15) is 28.1 Å². The zero-order valence-corrected chi connectivity index (χ0v) is 20.4. The minimum atomic E-state index is -4.71. The van der Waals surface area contributed by atoms with Crippen molar-refractivity contribution in [3.8, 4) is 11.3 Å². The Balaban J connectivity index is 1.72. The third kappa shape index (κ3) is 6.40. The minimum Gasteiger partial charge on any atom is -0.465 e. The highest BCUT2D eigenvalue weighted by Gasteiger charge is 2.34. The molecule has 0 atom stereocenters. The molecule has 4 aromatic rings. The molecule has 4 rings (SSSR count). The van der Waals surface area contributed by atoms with Crippen LogP contribution in [-0.4, -0.2) is 34.2 Å². The molecule has 0 spiro atoms. The summed E-state index contributed by atoms with van der Waals surface area (Å²) in [6.07, 6.45) is -3.37. The largest absolute Gasteiger partial charge is 0.465 e. The first-order chi connectivity index (χ1) is 18.1. The lowest BCUT2D eigenvalue weighted by Gasteiger charge is -2.11. The number of nitro groups is 1. The zero-order chi connectivity index (χ0) is 27.3. The van der Waals surface area contributed by atoms with Crippen molar-refractivity contribution in [2.45, 2.75) is 16.2 Å². The highest BCUT2D eigenvalue weighted by Crippen LogP contribution is 2.35. The molecule has 0 saturated carbocycles. The molecule has 38 heavy (non-hydrogen) atoms.